The van der Waals surface area contributed by atoms with Gasteiger partial charge in [0, 0.05) is 17.9 Å². The normalized spacial score (nSPS) is 39.6. The maximum atomic E-state index is 12.7. The number of methoxy groups -OCH3 is 1. The van der Waals surface area contributed by atoms with E-state index in [0.717, 1.165) is 0 Å². The third kappa shape index (κ3) is 2.15. The summed E-state index contributed by atoms with van der Waals surface area (Å²) in [5.74, 6) is -2.38. The van der Waals surface area contributed by atoms with Gasteiger partial charge in [-0.2, -0.15) is 0 Å². The van der Waals surface area contributed by atoms with Crippen molar-refractivity contribution in [1.82, 2.24) is 0 Å². The second kappa shape index (κ2) is 5.17. The number of ether oxygens (including phenoxy) is 1. The number of aliphatic hydroxyl groups excluding tert-OH is 3. The fraction of sp³-hybridized carbons (Fsp3) is 0.562. The highest BCUT2D eigenvalue weighted by Crippen LogP contribution is 2.50. The van der Waals surface area contributed by atoms with Gasteiger partial charge in [0.25, 0.3) is 0 Å². The number of hydrogen-bond donors (Lipinski definition) is 5. The Labute approximate surface area is 132 Å². The molecule has 0 spiro atoms. The Kier molecular flexibility index (Phi) is 3.64. The number of Topliss-reactive ketones (excluding diaryl/α,β-unsaturated/α-hetero) is 1. The van der Waals surface area contributed by atoms with E-state index in [0.29, 0.717) is 0 Å². The zero-order valence-electron chi connectivity index (χ0n) is 12.8. The molecule has 1 fully saturated rings. The Balaban J connectivity index is 2.15. The average molecular weight is 324 g/mol. The molecule has 3 rings (SSSR count). The summed E-state index contributed by atoms with van der Waals surface area (Å²) < 4.78 is 5.03. The van der Waals surface area contributed by atoms with Crippen molar-refractivity contribution in [2.75, 3.05) is 7.11 Å². The van der Waals surface area contributed by atoms with E-state index in [4.69, 9.17) is 4.74 Å². The second-order valence-corrected chi connectivity index (χ2v) is 6.53. The number of aromatic hydroxyl groups is 1. The lowest BCUT2D eigenvalue weighted by Crippen LogP contribution is -2.62. The third-order valence-electron chi connectivity index (χ3n) is 5.20. The van der Waals surface area contributed by atoms with Crippen molar-refractivity contribution in [1.29, 1.82) is 0 Å². The maximum absolute atomic E-state index is 12.7. The number of hydrogen-bond acceptors (Lipinski definition) is 7. The molecule has 0 heterocycles. The van der Waals surface area contributed by atoms with Crippen LogP contribution in [0.15, 0.2) is 12.1 Å². The van der Waals surface area contributed by atoms with Crippen LogP contribution in [0.5, 0.6) is 11.5 Å². The van der Waals surface area contributed by atoms with Gasteiger partial charge in [-0.3, -0.25) is 4.79 Å². The van der Waals surface area contributed by atoms with Gasteiger partial charge in [-0.05, 0) is 25.0 Å². The molecule has 0 saturated heterocycles. The summed E-state index contributed by atoms with van der Waals surface area (Å²) in [6.45, 7) is 1.27. The Morgan fingerprint density at radius 1 is 1.26 bits per heavy atom. The van der Waals surface area contributed by atoms with E-state index in [1.54, 1.807) is 0 Å². The lowest BCUT2D eigenvalue weighted by atomic mass is 9.60. The number of phenolic OH excluding ortho intramolecular Hbond substituents is 1. The quantitative estimate of drug-likeness (QED) is 0.481. The van der Waals surface area contributed by atoms with Crippen LogP contribution in [0.25, 0.3) is 0 Å². The van der Waals surface area contributed by atoms with Crippen molar-refractivity contribution in [2.24, 2.45) is 11.8 Å². The molecule has 126 valence electrons. The van der Waals surface area contributed by atoms with E-state index in [9.17, 15) is 30.3 Å². The van der Waals surface area contributed by atoms with E-state index < -0.39 is 41.5 Å². The highest BCUT2D eigenvalue weighted by atomic mass is 16.5. The van der Waals surface area contributed by atoms with E-state index in [2.05, 4.69) is 0 Å². The summed E-state index contributed by atoms with van der Waals surface area (Å²) in [4.78, 5) is 12.7. The van der Waals surface area contributed by atoms with Crippen LogP contribution in [0.2, 0.25) is 0 Å². The summed E-state index contributed by atoms with van der Waals surface area (Å²) in [5.41, 5.74) is -1.71. The monoisotopic (exact) mass is 324 g/mol. The fourth-order valence-electron chi connectivity index (χ4n) is 3.75. The minimum atomic E-state index is -1.83. The predicted molar refractivity (Wildman–Crippen MR) is 78.2 cm³/mol. The first-order chi connectivity index (χ1) is 10.7. The van der Waals surface area contributed by atoms with Crippen LogP contribution < -0.4 is 4.74 Å². The minimum Gasteiger partial charge on any atom is -0.507 e. The van der Waals surface area contributed by atoms with Crippen LogP contribution in [-0.2, 0) is 0 Å². The molecule has 1 saturated carbocycles. The molecule has 2 aliphatic carbocycles. The van der Waals surface area contributed by atoms with E-state index in [-0.39, 0.29) is 29.0 Å². The van der Waals surface area contributed by atoms with Gasteiger partial charge in [0.05, 0.1) is 31.0 Å². The van der Waals surface area contributed by atoms with E-state index in [1.165, 1.54) is 26.2 Å². The number of carbonyl (C=O) groups is 1. The smallest absolute Gasteiger partial charge is 0.170 e. The summed E-state index contributed by atoms with van der Waals surface area (Å²) in [7, 11) is 1.39. The molecule has 0 radical (unpaired) electrons. The minimum absolute atomic E-state index is 0.0273. The molecule has 7 nitrogen and oxygen atoms in total. The molecule has 2 aliphatic rings. The molecule has 5 N–H and O–H groups in total. The van der Waals surface area contributed by atoms with Crippen LogP contribution in [0.4, 0.5) is 0 Å². The lowest BCUT2D eigenvalue weighted by molar-refractivity contribution is -0.203. The molecule has 1 aromatic carbocycles. The van der Waals surface area contributed by atoms with Gasteiger partial charge < -0.3 is 30.3 Å². The largest absolute Gasteiger partial charge is 0.507 e. The Hall–Kier alpha value is -1.67. The topological polar surface area (TPSA) is 127 Å². The van der Waals surface area contributed by atoms with Crippen molar-refractivity contribution in [2.45, 2.75) is 37.3 Å². The first-order valence-corrected chi connectivity index (χ1v) is 7.41. The zero-order valence-corrected chi connectivity index (χ0v) is 12.8. The number of rotatable bonds is 1. The van der Waals surface area contributed by atoms with Gasteiger partial charge in [-0.25, -0.2) is 0 Å². The number of benzene rings is 1. The van der Waals surface area contributed by atoms with Crippen LogP contribution in [0.3, 0.4) is 0 Å². The average Bonchev–Trinajstić information content (AvgIpc) is 2.49. The summed E-state index contributed by atoms with van der Waals surface area (Å²) in [5, 5.41) is 51.4. The number of carbonyl (C=O) groups excluding carboxylic acids is 1. The molecule has 23 heavy (non-hydrogen) atoms. The van der Waals surface area contributed by atoms with Gasteiger partial charge >= 0.3 is 0 Å². The molecule has 0 aliphatic heterocycles. The first kappa shape index (κ1) is 16.2. The Bertz CT molecular complexity index is 654. The molecule has 1 aromatic rings. The highest BCUT2D eigenvalue weighted by molar-refractivity contribution is 6.03. The molecular formula is C16H20O7. The van der Waals surface area contributed by atoms with Crippen molar-refractivity contribution < 1.29 is 35.1 Å². The van der Waals surface area contributed by atoms with Gasteiger partial charge in [-0.1, -0.05) is 0 Å². The molecule has 0 bridgehead atoms. The fourth-order valence-corrected chi connectivity index (χ4v) is 3.75. The lowest BCUT2D eigenvalue weighted by Gasteiger charge is -2.50. The SMILES string of the molecule is COc1cc(O)c2c(c1)[C@H](O)[C@H]1[C@H](C[C@@H](O)[C@@](C)(O)[C@@H]1O)C2=O. The number of aliphatic hydroxyl groups is 4. The molecular weight excluding hydrogens is 304 g/mol. The molecule has 0 amide bonds. The number of fused-ring (bicyclic) bond motifs is 2. The van der Waals surface area contributed by atoms with Crippen LogP contribution >= 0.6 is 0 Å². The standard InChI is InChI=1S/C16H20O7/c1-16(22)10(18)5-8-12(15(16)21)14(20)7-3-6(23-2)4-9(17)11(7)13(8)19/h3-4,8,10,12,14-15,17-18,20-22H,5H2,1-2H3/t8-,10+,12+,14-,15+,16+/m0/s1. The number of phenols is 1. The van der Waals surface area contributed by atoms with Gasteiger partial charge in [0.1, 0.15) is 17.1 Å². The van der Waals surface area contributed by atoms with E-state index in [1.807, 2.05) is 0 Å². The van der Waals surface area contributed by atoms with Crippen LogP contribution in [-0.4, -0.2) is 56.2 Å². The summed E-state index contributed by atoms with van der Waals surface area (Å²) >= 11 is 0. The van der Waals surface area contributed by atoms with Crippen molar-refractivity contribution in [3.05, 3.63) is 23.3 Å². The molecule has 0 aromatic heterocycles. The summed E-state index contributed by atoms with van der Waals surface area (Å²) in [6, 6.07) is 2.70. The Morgan fingerprint density at radius 3 is 2.52 bits per heavy atom. The predicted octanol–water partition coefficient (Wildman–Crippen LogP) is -0.261. The van der Waals surface area contributed by atoms with Crippen molar-refractivity contribution in [3.8, 4) is 11.5 Å². The van der Waals surface area contributed by atoms with Gasteiger partial charge in [0.15, 0.2) is 5.78 Å². The zero-order chi connectivity index (χ0) is 17.1. The Morgan fingerprint density at radius 2 is 1.91 bits per heavy atom. The third-order valence-corrected chi connectivity index (χ3v) is 5.20. The summed E-state index contributed by atoms with van der Waals surface area (Å²) in [6.07, 6.45) is -4.17. The second-order valence-electron chi connectivity index (χ2n) is 6.53. The van der Waals surface area contributed by atoms with E-state index >= 15 is 0 Å². The van der Waals surface area contributed by atoms with Crippen LogP contribution in [0, 0.1) is 11.8 Å². The number of ketones is 1. The highest BCUT2D eigenvalue weighted by Gasteiger charge is 2.57. The maximum Gasteiger partial charge on any atom is 0.170 e. The van der Waals surface area contributed by atoms with Crippen molar-refractivity contribution in [3.63, 3.8) is 0 Å². The molecule has 7 heteroatoms. The first-order valence-electron chi connectivity index (χ1n) is 7.41. The van der Waals surface area contributed by atoms with Crippen LogP contribution in [0.1, 0.15) is 35.4 Å². The van der Waals surface area contributed by atoms with Gasteiger partial charge in [-0.15, -0.1) is 0 Å². The van der Waals surface area contributed by atoms with Gasteiger partial charge in [0.2, 0.25) is 0 Å². The molecule has 0 unspecified atom stereocenters. The molecule has 6 atom stereocenters. The van der Waals surface area contributed by atoms with Crippen molar-refractivity contribution >= 4 is 5.78 Å².